The van der Waals surface area contributed by atoms with Gasteiger partial charge in [-0.1, -0.05) is 5.39 Å². The molecule has 0 aromatic rings. The third-order valence-electron chi connectivity index (χ3n) is 1.22. The summed E-state index contributed by atoms with van der Waals surface area (Å²) in [6.45, 7) is 0. The summed E-state index contributed by atoms with van der Waals surface area (Å²) < 4.78 is 0. The zero-order valence-electron chi connectivity index (χ0n) is 5.19. The van der Waals surface area contributed by atoms with Gasteiger partial charge in [0.1, 0.15) is 0 Å². The summed E-state index contributed by atoms with van der Waals surface area (Å²) in [6, 6.07) is -0.655. The van der Waals surface area contributed by atoms with Gasteiger partial charge in [0, 0.05) is 0 Å². The molecule has 1 saturated heterocycles. The van der Waals surface area contributed by atoms with E-state index in [1.807, 2.05) is 0 Å². The van der Waals surface area contributed by atoms with Crippen LogP contribution in [0.15, 0.2) is 0 Å². The van der Waals surface area contributed by atoms with Gasteiger partial charge >= 0.3 is 0 Å². The Kier molecular flexibility index (Phi) is 2.16. The first kappa shape index (κ1) is 7.82. The summed E-state index contributed by atoms with van der Waals surface area (Å²) in [5, 5.41) is 9.50. The smallest absolute Gasteiger partial charge is 0.189 e. The number of quaternary nitrogens is 1. The SMILES string of the molecule is NC1O[NH+]([O-])OC(N)C1N. The summed E-state index contributed by atoms with van der Waals surface area (Å²) in [6.07, 6.45) is -1.73. The highest BCUT2D eigenvalue weighted by Crippen LogP contribution is 1.95. The summed E-state index contributed by atoms with van der Waals surface area (Å²) >= 11 is 0. The van der Waals surface area contributed by atoms with Crippen molar-refractivity contribution in [2.24, 2.45) is 17.2 Å². The van der Waals surface area contributed by atoms with Gasteiger partial charge in [0.05, 0.1) is 6.04 Å². The van der Waals surface area contributed by atoms with Crippen LogP contribution in [-0.2, 0) is 9.68 Å². The Morgan fingerprint density at radius 2 is 1.50 bits per heavy atom. The van der Waals surface area contributed by atoms with Gasteiger partial charge in [-0.2, -0.15) is 0 Å². The Labute approximate surface area is 57.1 Å². The van der Waals surface area contributed by atoms with Crippen LogP contribution in [0.4, 0.5) is 0 Å². The molecular formula is C3H10N4O3. The van der Waals surface area contributed by atoms with Crippen LogP contribution in [0.5, 0.6) is 0 Å². The highest BCUT2D eigenvalue weighted by atomic mass is 17.1. The van der Waals surface area contributed by atoms with Crippen molar-refractivity contribution in [3.63, 3.8) is 0 Å². The van der Waals surface area contributed by atoms with Gasteiger partial charge in [0.2, 0.25) is 0 Å². The third-order valence-corrected chi connectivity index (χ3v) is 1.22. The van der Waals surface area contributed by atoms with Crippen molar-refractivity contribution in [2.75, 3.05) is 0 Å². The zero-order chi connectivity index (χ0) is 7.72. The number of rotatable bonds is 0. The third kappa shape index (κ3) is 1.41. The lowest BCUT2D eigenvalue weighted by Gasteiger charge is -2.33. The van der Waals surface area contributed by atoms with Crippen molar-refractivity contribution in [3.05, 3.63) is 5.21 Å². The molecule has 7 N–H and O–H groups in total. The second kappa shape index (κ2) is 2.76. The fourth-order valence-corrected chi connectivity index (χ4v) is 0.594. The van der Waals surface area contributed by atoms with Crippen LogP contribution >= 0.6 is 0 Å². The molecule has 1 aliphatic rings. The van der Waals surface area contributed by atoms with Gasteiger partial charge < -0.3 is 10.9 Å². The highest BCUT2D eigenvalue weighted by Gasteiger charge is 2.33. The van der Waals surface area contributed by atoms with Gasteiger partial charge in [-0.05, 0) is 0 Å². The predicted octanol–water partition coefficient (Wildman–Crippen LogP) is -3.86. The van der Waals surface area contributed by atoms with E-state index in [0.717, 1.165) is 0 Å². The molecule has 0 aromatic carbocycles. The molecule has 1 aliphatic heterocycles. The van der Waals surface area contributed by atoms with E-state index in [2.05, 4.69) is 9.68 Å². The maximum absolute atomic E-state index is 10.4. The molecule has 1 rings (SSSR count). The van der Waals surface area contributed by atoms with Crippen LogP contribution in [0.2, 0.25) is 0 Å². The van der Waals surface area contributed by atoms with E-state index in [4.69, 9.17) is 17.2 Å². The lowest BCUT2D eigenvalue weighted by Crippen LogP contribution is -3.10. The summed E-state index contributed by atoms with van der Waals surface area (Å²) in [7, 11) is 0. The van der Waals surface area contributed by atoms with Crippen molar-refractivity contribution in [1.82, 2.24) is 0 Å². The van der Waals surface area contributed by atoms with Crippen LogP contribution in [-0.4, -0.2) is 18.5 Å². The van der Waals surface area contributed by atoms with E-state index in [1.54, 1.807) is 0 Å². The summed E-state index contributed by atoms with van der Waals surface area (Å²) in [4.78, 5) is 8.76. The van der Waals surface area contributed by atoms with Gasteiger partial charge in [0.25, 0.3) is 0 Å². The molecule has 2 atom stereocenters. The number of nitrogens with two attached hydrogens (primary N) is 3. The zero-order valence-corrected chi connectivity index (χ0v) is 5.19. The van der Waals surface area contributed by atoms with Crippen molar-refractivity contribution in [2.45, 2.75) is 18.5 Å². The maximum atomic E-state index is 10.4. The minimum atomic E-state index is -0.873. The second-order valence-electron chi connectivity index (χ2n) is 1.99. The Bertz CT molecular complexity index is 110. The second-order valence-corrected chi connectivity index (χ2v) is 1.99. The van der Waals surface area contributed by atoms with E-state index in [1.165, 1.54) is 0 Å². The molecule has 7 heteroatoms. The van der Waals surface area contributed by atoms with E-state index in [-0.39, 0.29) is 0 Å². The minimum absolute atomic E-state index is 0.655. The summed E-state index contributed by atoms with van der Waals surface area (Å²) in [5.41, 5.74) is 15.8. The van der Waals surface area contributed by atoms with E-state index < -0.39 is 23.9 Å². The Hall–Kier alpha value is -0.280. The van der Waals surface area contributed by atoms with Gasteiger partial charge in [-0.3, -0.25) is 11.5 Å². The molecular weight excluding hydrogens is 140 g/mol. The standard InChI is InChI=1S/C3H10N4O3/c4-1-2(5)9-7(8)10-3(1)6/h1-3,7H,4-6H2. The number of hydrogen-bond donors (Lipinski definition) is 4. The van der Waals surface area contributed by atoms with Crippen LogP contribution < -0.4 is 22.6 Å². The number of nitrogens with one attached hydrogen (secondary N) is 1. The molecule has 0 radical (unpaired) electrons. The van der Waals surface area contributed by atoms with E-state index in [9.17, 15) is 5.21 Å². The maximum Gasteiger partial charge on any atom is 0.189 e. The Morgan fingerprint density at radius 3 is 1.90 bits per heavy atom. The van der Waals surface area contributed by atoms with Crippen molar-refractivity contribution in [3.8, 4) is 0 Å². The van der Waals surface area contributed by atoms with Gasteiger partial charge in [0.15, 0.2) is 12.5 Å². The predicted molar refractivity (Wildman–Crippen MR) is 30.4 cm³/mol. The quantitative estimate of drug-likeness (QED) is 0.262. The summed E-state index contributed by atoms with van der Waals surface area (Å²) in [5.74, 6) is 0. The average Bonchev–Trinajstić information content (AvgIpc) is 1.82. The van der Waals surface area contributed by atoms with E-state index >= 15 is 0 Å². The molecule has 1 fully saturated rings. The lowest BCUT2D eigenvalue weighted by molar-refractivity contribution is -1.22. The van der Waals surface area contributed by atoms with Crippen LogP contribution in [0, 0.1) is 5.21 Å². The lowest BCUT2D eigenvalue weighted by atomic mass is 10.2. The molecule has 0 spiro atoms. The number of hydrogen-bond acceptors (Lipinski definition) is 6. The van der Waals surface area contributed by atoms with Crippen LogP contribution in [0.3, 0.4) is 0 Å². The highest BCUT2D eigenvalue weighted by molar-refractivity contribution is 4.72. The van der Waals surface area contributed by atoms with Crippen molar-refractivity contribution >= 4 is 0 Å². The first-order chi connectivity index (χ1) is 4.61. The normalized spacial score (nSPS) is 49.2. The fraction of sp³-hybridized carbons (Fsp3) is 1.00. The first-order valence-electron chi connectivity index (χ1n) is 2.75. The van der Waals surface area contributed by atoms with Crippen LogP contribution in [0.1, 0.15) is 0 Å². The first-order valence-corrected chi connectivity index (χ1v) is 2.75. The molecule has 0 aliphatic carbocycles. The van der Waals surface area contributed by atoms with Crippen LogP contribution in [0.25, 0.3) is 0 Å². The Balaban J connectivity index is 2.49. The fourth-order valence-electron chi connectivity index (χ4n) is 0.594. The average molecular weight is 150 g/mol. The van der Waals surface area contributed by atoms with Gasteiger partial charge in [-0.15, -0.1) is 9.68 Å². The van der Waals surface area contributed by atoms with Crippen molar-refractivity contribution < 1.29 is 15.1 Å². The molecule has 10 heavy (non-hydrogen) atoms. The molecule has 1 heterocycles. The van der Waals surface area contributed by atoms with Crippen molar-refractivity contribution in [1.29, 1.82) is 0 Å². The molecule has 0 bridgehead atoms. The molecule has 7 nitrogen and oxygen atoms in total. The monoisotopic (exact) mass is 150 g/mol. The molecule has 0 aromatic heterocycles. The molecule has 0 saturated carbocycles. The molecule has 60 valence electrons. The minimum Gasteiger partial charge on any atom is -0.566 e. The largest absolute Gasteiger partial charge is 0.566 e. The topological polar surface area (TPSA) is 124 Å². The van der Waals surface area contributed by atoms with Gasteiger partial charge in [-0.25, -0.2) is 0 Å². The Morgan fingerprint density at radius 1 is 1.10 bits per heavy atom. The van der Waals surface area contributed by atoms with E-state index in [0.29, 0.717) is 0 Å². The molecule has 0 amide bonds. The molecule has 2 unspecified atom stereocenters.